The van der Waals surface area contributed by atoms with Gasteiger partial charge in [0.1, 0.15) is 5.75 Å². The lowest BCUT2D eigenvalue weighted by atomic mass is 9.99. The molecule has 0 amide bonds. The lowest BCUT2D eigenvalue weighted by Crippen LogP contribution is -2.41. The highest BCUT2D eigenvalue weighted by Crippen LogP contribution is 2.22. The minimum absolute atomic E-state index is 0.200. The minimum atomic E-state index is 0.200. The van der Waals surface area contributed by atoms with Gasteiger partial charge in [0.05, 0.1) is 25.4 Å². The Morgan fingerprint density at radius 2 is 1.86 bits per heavy atom. The molecule has 2 rings (SSSR count). The number of aromatic nitrogens is 1. The Bertz CT molecular complexity index is 751. The average molecular weight is 402 g/mol. The lowest BCUT2D eigenvalue weighted by Gasteiger charge is -2.26. The van der Waals surface area contributed by atoms with E-state index in [2.05, 4.69) is 65.8 Å². The topological polar surface area (TPSA) is 74.9 Å². The molecule has 0 aliphatic heterocycles. The second kappa shape index (κ2) is 11.5. The van der Waals surface area contributed by atoms with Crippen LogP contribution in [0, 0.1) is 0 Å². The number of nitrogens with one attached hydrogen (secondary N) is 2. The average Bonchev–Trinajstić information content (AvgIpc) is 3.20. The summed E-state index contributed by atoms with van der Waals surface area (Å²) < 4.78 is 10.7. The quantitative estimate of drug-likeness (QED) is 0.468. The van der Waals surface area contributed by atoms with E-state index in [1.807, 2.05) is 18.2 Å². The van der Waals surface area contributed by atoms with E-state index in [0.717, 1.165) is 36.0 Å². The molecule has 7 heteroatoms. The zero-order valence-corrected chi connectivity index (χ0v) is 18.5. The van der Waals surface area contributed by atoms with Crippen molar-refractivity contribution >= 4 is 5.96 Å². The van der Waals surface area contributed by atoms with Gasteiger partial charge in [-0.25, -0.2) is 0 Å². The van der Waals surface area contributed by atoms with Crippen molar-refractivity contribution in [2.45, 2.75) is 45.2 Å². The molecule has 0 saturated carbocycles. The van der Waals surface area contributed by atoms with Crippen molar-refractivity contribution in [2.75, 3.05) is 34.8 Å². The minimum Gasteiger partial charge on any atom is -0.497 e. The molecular formula is C22H35N5O2. The largest absolute Gasteiger partial charge is 0.497 e. The summed E-state index contributed by atoms with van der Waals surface area (Å²) in [5, 5.41) is 10.9. The molecule has 1 unspecified atom stereocenters. The maximum Gasteiger partial charge on any atom is 0.191 e. The molecule has 1 atom stereocenters. The van der Waals surface area contributed by atoms with Crippen molar-refractivity contribution in [3.05, 3.63) is 47.3 Å². The van der Waals surface area contributed by atoms with E-state index in [9.17, 15) is 0 Å². The Hall–Kier alpha value is -2.54. The maximum atomic E-state index is 5.48. The van der Waals surface area contributed by atoms with Crippen molar-refractivity contribution in [3.8, 4) is 5.75 Å². The molecule has 160 valence electrons. The van der Waals surface area contributed by atoms with Crippen molar-refractivity contribution in [3.63, 3.8) is 0 Å². The molecule has 0 aliphatic rings. The Balaban J connectivity index is 1.92. The number of likely N-dealkylation sites (N-methyl/N-ethyl adjacent to an activating group) is 1. The third-order valence-electron chi connectivity index (χ3n) is 5.22. The normalized spacial score (nSPS) is 13.0. The van der Waals surface area contributed by atoms with Gasteiger partial charge < -0.3 is 24.8 Å². The third-order valence-corrected chi connectivity index (χ3v) is 5.22. The highest BCUT2D eigenvalue weighted by Gasteiger charge is 2.16. The molecule has 0 bridgehead atoms. The van der Waals surface area contributed by atoms with Gasteiger partial charge in [-0.3, -0.25) is 4.99 Å². The summed E-state index contributed by atoms with van der Waals surface area (Å²) >= 11 is 0. The summed E-state index contributed by atoms with van der Waals surface area (Å²) in [4.78, 5) is 6.50. The van der Waals surface area contributed by atoms with Crippen LogP contribution in [0.2, 0.25) is 0 Å². The molecule has 1 aromatic heterocycles. The van der Waals surface area contributed by atoms with Crippen LogP contribution in [0.4, 0.5) is 0 Å². The van der Waals surface area contributed by atoms with Gasteiger partial charge in [-0.1, -0.05) is 31.1 Å². The number of aliphatic imine (C=N–C) groups is 1. The van der Waals surface area contributed by atoms with Crippen LogP contribution in [0.3, 0.4) is 0 Å². The number of hydrogen-bond donors (Lipinski definition) is 2. The molecule has 0 fully saturated rings. The van der Waals surface area contributed by atoms with Crippen molar-refractivity contribution < 1.29 is 9.26 Å². The molecule has 0 spiro atoms. The predicted molar refractivity (Wildman–Crippen MR) is 117 cm³/mol. The second-order valence-corrected chi connectivity index (χ2v) is 7.29. The van der Waals surface area contributed by atoms with Gasteiger partial charge in [0, 0.05) is 25.6 Å². The van der Waals surface area contributed by atoms with E-state index in [1.165, 1.54) is 5.56 Å². The molecule has 0 saturated heterocycles. The molecule has 2 N–H and O–H groups in total. The van der Waals surface area contributed by atoms with Gasteiger partial charge in [0.15, 0.2) is 11.7 Å². The Morgan fingerprint density at radius 3 is 2.41 bits per heavy atom. The lowest BCUT2D eigenvalue weighted by molar-refractivity contribution is 0.297. The summed E-state index contributed by atoms with van der Waals surface area (Å²) in [5.41, 5.74) is 2.24. The van der Waals surface area contributed by atoms with Gasteiger partial charge in [-0.2, -0.15) is 0 Å². The predicted octanol–water partition coefficient (Wildman–Crippen LogP) is 3.55. The van der Waals surface area contributed by atoms with Crippen molar-refractivity contribution in [2.24, 2.45) is 4.99 Å². The number of guanidine groups is 1. The molecule has 1 aromatic carbocycles. The van der Waals surface area contributed by atoms with Crippen LogP contribution >= 0.6 is 0 Å². The monoisotopic (exact) mass is 401 g/mol. The fourth-order valence-corrected chi connectivity index (χ4v) is 3.32. The molecule has 29 heavy (non-hydrogen) atoms. The van der Waals surface area contributed by atoms with Crippen LogP contribution in [-0.4, -0.2) is 50.8 Å². The van der Waals surface area contributed by atoms with Gasteiger partial charge in [-0.15, -0.1) is 0 Å². The summed E-state index contributed by atoms with van der Waals surface area (Å²) in [5.74, 6) is 2.85. The zero-order valence-electron chi connectivity index (χ0n) is 18.5. The first-order valence-electron chi connectivity index (χ1n) is 10.2. The molecule has 7 nitrogen and oxygen atoms in total. The first-order valence-corrected chi connectivity index (χ1v) is 10.2. The highest BCUT2D eigenvalue weighted by atomic mass is 16.5. The molecule has 2 aromatic rings. The SMILES string of the molecule is CCC(CC)c1cc(CNC(=NC)NCC(c2ccc(OC)cc2)N(C)C)on1. The Kier molecular flexibility index (Phi) is 8.99. The maximum absolute atomic E-state index is 5.48. The molecular weight excluding hydrogens is 366 g/mol. The number of hydrogen-bond acceptors (Lipinski definition) is 5. The summed E-state index contributed by atoms with van der Waals surface area (Å²) in [7, 11) is 7.59. The van der Waals surface area contributed by atoms with Gasteiger partial charge in [0.25, 0.3) is 0 Å². The highest BCUT2D eigenvalue weighted by molar-refractivity contribution is 5.79. The summed E-state index contributed by atoms with van der Waals surface area (Å²) in [6, 6.07) is 10.4. The van der Waals surface area contributed by atoms with Crippen LogP contribution in [-0.2, 0) is 6.54 Å². The number of rotatable bonds is 10. The molecule has 1 heterocycles. The second-order valence-electron chi connectivity index (χ2n) is 7.29. The van der Waals surface area contributed by atoms with E-state index in [4.69, 9.17) is 9.26 Å². The van der Waals surface area contributed by atoms with Crippen molar-refractivity contribution in [1.82, 2.24) is 20.7 Å². The van der Waals surface area contributed by atoms with Crippen LogP contribution in [0.15, 0.2) is 39.8 Å². The van der Waals surface area contributed by atoms with Crippen LogP contribution < -0.4 is 15.4 Å². The first kappa shape index (κ1) is 22.7. The van der Waals surface area contributed by atoms with E-state index in [0.29, 0.717) is 19.0 Å². The van der Waals surface area contributed by atoms with Gasteiger partial charge in [0.2, 0.25) is 0 Å². The smallest absolute Gasteiger partial charge is 0.191 e. The number of ether oxygens (including phenoxy) is 1. The van der Waals surface area contributed by atoms with E-state index in [-0.39, 0.29) is 6.04 Å². The van der Waals surface area contributed by atoms with Crippen LogP contribution in [0.25, 0.3) is 0 Å². The Labute approximate surface area is 174 Å². The Morgan fingerprint density at radius 1 is 1.17 bits per heavy atom. The number of nitrogens with zero attached hydrogens (tertiary/aromatic N) is 3. The molecule has 0 aliphatic carbocycles. The first-order chi connectivity index (χ1) is 14.0. The fraction of sp³-hybridized carbons (Fsp3) is 0.545. The van der Waals surface area contributed by atoms with Gasteiger partial charge >= 0.3 is 0 Å². The third kappa shape index (κ3) is 6.49. The number of benzene rings is 1. The van der Waals surface area contributed by atoms with Gasteiger partial charge in [-0.05, 0) is 44.6 Å². The fourth-order valence-electron chi connectivity index (χ4n) is 3.32. The van der Waals surface area contributed by atoms with E-state index < -0.39 is 0 Å². The van der Waals surface area contributed by atoms with Crippen LogP contribution in [0.1, 0.15) is 55.7 Å². The number of methoxy groups -OCH3 is 1. The summed E-state index contributed by atoms with van der Waals surface area (Å²) in [6.07, 6.45) is 2.13. The van der Waals surface area contributed by atoms with Crippen LogP contribution in [0.5, 0.6) is 5.75 Å². The summed E-state index contributed by atoms with van der Waals surface area (Å²) in [6.45, 7) is 5.61. The van der Waals surface area contributed by atoms with Crippen molar-refractivity contribution in [1.29, 1.82) is 0 Å². The van der Waals surface area contributed by atoms with E-state index >= 15 is 0 Å². The zero-order chi connectivity index (χ0) is 21.2. The van der Waals surface area contributed by atoms with E-state index in [1.54, 1.807) is 14.2 Å². The molecule has 0 radical (unpaired) electrons. The standard InChI is InChI=1S/C22H35N5O2/c1-7-16(8-2)20-13-19(29-26-20)14-24-22(23-3)25-15-21(27(4)5)17-9-11-18(28-6)12-10-17/h9-13,16,21H,7-8,14-15H2,1-6H3,(H2,23,24,25).